The number of hydrogen-bond donors (Lipinski definition) is 3. The largest absolute Gasteiger partial charge is 0.350 e. The number of aryl methyl sites for hydroxylation is 1. The molecular weight excluding hydrogens is 1150 g/mol. The normalized spacial score (nSPS) is 16.1. The number of aromatic nitrogens is 4. The van der Waals surface area contributed by atoms with Gasteiger partial charge in [-0.15, -0.1) is 0 Å². The number of nitrogens with one attached hydrogen (secondary N) is 3. The molecule has 25 heteroatoms. The lowest BCUT2D eigenvalue weighted by atomic mass is 9.97. The number of anilines is 1. The topological polar surface area (TPSA) is 201 Å². The summed E-state index contributed by atoms with van der Waals surface area (Å²) >= 11 is 11.6. The van der Waals surface area contributed by atoms with Crippen molar-refractivity contribution in [1.82, 2.24) is 44.9 Å². The molecule has 0 radical (unpaired) electrons. The summed E-state index contributed by atoms with van der Waals surface area (Å²) in [5.41, 5.74) is 2.99. The number of Topliss-reactive ketones (excluding diaryl/α,β-unsaturated/α-hetero) is 2. The molecule has 0 unspecified atom stereocenters. The zero-order valence-corrected chi connectivity index (χ0v) is 48.0. The summed E-state index contributed by atoms with van der Waals surface area (Å²) in [6, 6.07) is 18.5. The molecule has 0 bridgehead atoms. The maximum absolute atomic E-state index is 14.2. The summed E-state index contributed by atoms with van der Waals surface area (Å²) in [5, 5.41) is 17.6. The second kappa shape index (κ2) is 27.0. The maximum Gasteiger partial charge on any atom is 0.322 e. The molecule has 6 amide bonds. The van der Waals surface area contributed by atoms with Gasteiger partial charge >= 0.3 is 6.03 Å². The molecule has 6 aromatic rings. The molecule has 448 valence electrons. The molecule has 10 rings (SSSR count). The molecule has 3 saturated carbocycles. The second-order valence-electron chi connectivity index (χ2n) is 21.5. The van der Waals surface area contributed by atoms with Gasteiger partial charge in [0.05, 0.1) is 51.8 Å². The van der Waals surface area contributed by atoms with Crippen LogP contribution in [0.5, 0.6) is 0 Å². The van der Waals surface area contributed by atoms with E-state index in [9.17, 15) is 59.9 Å². The van der Waals surface area contributed by atoms with Crippen LogP contribution in [0, 0.1) is 18.6 Å². The number of benzene rings is 4. The molecule has 3 N–H and O–H groups in total. The van der Waals surface area contributed by atoms with E-state index in [1.54, 1.807) is 30.3 Å². The summed E-state index contributed by atoms with van der Waals surface area (Å²) < 4.78 is 83.3. The highest BCUT2D eigenvalue weighted by molar-refractivity contribution is 6.31. The molecule has 3 heterocycles. The Hall–Kier alpha value is -7.53. The van der Waals surface area contributed by atoms with Gasteiger partial charge in [0.15, 0.2) is 11.6 Å². The van der Waals surface area contributed by atoms with Gasteiger partial charge in [-0.2, -0.15) is 10.2 Å². The fourth-order valence-corrected chi connectivity index (χ4v) is 10.5. The number of rotatable bonds is 17. The molecule has 3 aliphatic carbocycles. The van der Waals surface area contributed by atoms with E-state index in [-0.39, 0.29) is 139 Å². The minimum absolute atomic E-state index is 0.00179. The Morgan fingerprint density at radius 3 is 1.51 bits per heavy atom. The highest BCUT2D eigenvalue weighted by Crippen LogP contribution is 2.34. The Labute approximate surface area is 490 Å². The lowest BCUT2D eigenvalue weighted by molar-refractivity contribution is -0.137. The van der Waals surface area contributed by atoms with Crippen LogP contribution in [0.1, 0.15) is 122 Å². The van der Waals surface area contributed by atoms with Crippen molar-refractivity contribution < 1.29 is 59.9 Å². The first-order valence-corrected chi connectivity index (χ1v) is 28.4. The van der Waals surface area contributed by atoms with Crippen molar-refractivity contribution in [2.24, 2.45) is 0 Å². The number of piperidine rings is 1. The van der Waals surface area contributed by atoms with E-state index in [2.05, 4.69) is 26.1 Å². The summed E-state index contributed by atoms with van der Waals surface area (Å²) in [6.45, 7) is 3.19. The number of carbonyl (C=O) groups excluding carboxylic acids is 7. The molecule has 0 spiro atoms. The summed E-state index contributed by atoms with van der Waals surface area (Å²) in [4.78, 5) is 93.3. The van der Waals surface area contributed by atoms with Crippen molar-refractivity contribution in [3.05, 3.63) is 123 Å². The number of halogens is 8. The standard InChI is InChI=1S/C29H30ClF3N6O4.C24H24ClFN4O3.C6H10F2/c1-17(40)27-25-21(35-28(43)37-12-4-11-29(32,33)16-37)7-3-8-22(25)39(36-27)15-24(42)38(19-9-10-19)14-23(41)34-13-18-5-2-6-20(30)26(18)31;1-14-5-3-8-19-22(14)24(15(2)31)28-30(19)13-21(33)29(17-9-10-17)12-20(32)27-11-16-6-4-7-18(25)23(16)26;7-6(8)4-2-1-3-5-6/h2-3,5-8,19H,4,9-16H2,1H3,(H,34,41)(H,35,43);3-8,17H,9-13H2,1-2H3,(H,27,32);1-5H2. The van der Waals surface area contributed by atoms with Crippen molar-refractivity contribution >= 4 is 91.9 Å². The molecular formula is C59H64Cl2F6N10O7. The van der Waals surface area contributed by atoms with Crippen molar-refractivity contribution in [1.29, 1.82) is 0 Å². The smallest absolute Gasteiger partial charge is 0.322 e. The molecule has 4 fully saturated rings. The molecule has 2 aromatic heterocycles. The average Bonchev–Trinajstić information content (AvgIpc) is 4.11. The van der Waals surface area contributed by atoms with Gasteiger partial charge in [0, 0.05) is 81.3 Å². The molecule has 1 saturated heterocycles. The zero-order valence-electron chi connectivity index (χ0n) is 46.5. The Morgan fingerprint density at radius 1 is 0.607 bits per heavy atom. The van der Waals surface area contributed by atoms with E-state index < -0.39 is 53.7 Å². The molecule has 17 nitrogen and oxygen atoms in total. The van der Waals surface area contributed by atoms with Crippen molar-refractivity contribution in [3.8, 4) is 0 Å². The Morgan fingerprint density at radius 2 is 1.06 bits per heavy atom. The van der Waals surface area contributed by atoms with Crippen LogP contribution in [-0.2, 0) is 45.4 Å². The van der Waals surface area contributed by atoms with Gasteiger partial charge in [0.1, 0.15) is 36.1 Å². The third-order valence-corrected chi connectivity index (χ3v) is 15.4. The van der Waals surface area contributed by atoms with Gasteiger partial charge in [-0.25, -0.2) is 31.1 Å². The van der Waals surface area contributed by atoms with Gasteiger partial charge < -0.3 is 30.7 Å². The predicted octanol–water partition coefficient (Wildman–Crippen LogP) is 10.8. The van der Waals surface area contributed by atoms with E-state index >= 15 is 0 Å². The Kier molecular flexibility index (Phi) is 20.1. The summed E-state index contributed by atoms with van der Waals surface area (Å²) in [6.07, 6.45) is 5.60. The molecule has 84 heavy (non-hydrogen) atoms. The van der Waals surface area contributed by atoms with Crippen LogP contribution in [0.3, 0.4) is 0 Å². The third kappa shape index (κ3) is 16.0. The second-order valence-corrected chi connectivity index (χ2v) is 22.3. The van der Waals surface area contributed by atoms with Gasteiger partial charge in [0.2, 0.25) is 29.6 Å². The highest BCUT2D eigenvalue weighted by Gasteiger charge is 2.39. The molecule has 4 aromatic carbocycles. The van der Waals surface area contributed by atoms with Crippen molar-refractivity contribution in [3.63, 3.8) is 0 Å². The van der Waals surface area contributed by atoms with Crippen LogP contribution < -0.4 is 16.0 Å². The van der Waals surface area contributed by atoms with Crippen LogP contribution >= 0.6 is 23.2 Å². The molecule has 4 aliphatic rings. The monoisotopic (exact) mass is 1210 g/mol. The molecule has 0 atom stereocenters. The predicted molar refractivity (Wildman–Crippen MR) is 303 cm³/mol. The number of alkyl halides is 4. The first kappa shape index (κ1) is 62.5. The van der Waals surface area contributed by atoms with Crippen LogP contribution in [0.4, 0.5) is 36.8 Å². The number of nitrogens with zero attached hydrogens (tertiary/aromatic N) is 7. The van der Waals surface area contributed by atoms with Crippen molar-refractivity contribution in [2.45, 2.75) is 142 Å². The number of amides is 6. The zero-order chi connectivity index (χ0) is 60.6. The number of carbonyl (C=O) groups is 7. The minimum Gasteiger partial charge on any atom is -0.350 e. The number of likely N-dealkylation sites (tertiary alicyclic amines) is 1. The van der Waals surface area contributed by atoms with E-state index in [0.717, 1.165) is 35.1 Å². The fraction of sp³-hybridized carbons (Fsp3) is 0.441. The quantitative estimate of drug-likeness (QED) is 0.0587. The van der Waals surface area contributed by atoms with Crippen LogP contribution in [0.25, 0.3) is 21.8 Å². The van der Waals surface area contributed by atoms with E-state index in [0.29, 0.717) is 42.4 Å². The number of ketones is 2. The molecule has 1 aliphatic heterocycles. The lowest BCUT2D eigenvalue weighted by Gasteiger charge is -2.32. The van der Waals surface area contributed by atoms with E-state index in [4.69, 9.17) is 23.2 Å². The maximum atomic E-state index is 14.2. The van der Waals surface area contributed by atoms with Gasteiger partial charge in [-0.1, -0.05) is 72.1 Å². The van der Waals surface area contributed by atoms with Crippen LogP contribution in [-0.4, -0.2) is 126 Å². The first-order chi connectivity index (χ1) is 39.9. The number of hydrogen-bond acceptors (Lipinski definition) is 9. The van der Waals surface area contributed by atoms with Gasteiger partial charge in [0.25, 0.3) is 5.92 Å². The third-order valence-electron chi connectivity index (χ3n) is 14.8. The van der Waals surface area contributed by atoms with Crippen molar-refractivity contribution in [2.75, 3.05) is 31.5 Å². The highest BCUT2D eigenvalue weighted by atomic mass is 35.5. The van der Waals surface area contributed by atoms with E-state index in [1.807, 2.05) is 25.1 Å². The number of fused-ring (bicyclic) bond motifs is 2. The van der Waals surface area contributed by atoms with Crippen LogP contribution in [0.2, 0.25) is 10.0 Å². The Balaban J connectivity index is 0.000000198. The summed E-state index contributed by atoms with van der Waals surface area (Å²) in [7, 11) is 0. The van der Waals surface area contributed by atoms with Gasteiger partial charge in [-0.05, 0) is 87.8 Å². The first-order valence-electron chi connectivity index (χ1n) is 27.7. The number of urea groups is 1. The Bertz CT molecular complexity index is 3470. The van der Waals surface area contributed by atoms with Crippen LogP contribution in [0.15, 0.2) is 72.8 Å². The lowest BCUT2D eigenvalue weighted by Crippen LogP contribution is -2.47. The SMILES string of the molecule is CC(=O)c1nn(CC(=O)N(CC(=O)NCc2cccc(Cl)c2F)C2CC2)c2cccc(C)c12.CC(=O)c1nn(CC(=O)N(CC(=O)NCc2cccc(Cl)c2F)C2CC2)c2cccc(NC(=O)N3CCCC(F)(F)C3)c12.FC1(F)CCCCC1. The van der Waals surface area contributed by atoms with E-state index in [1.165, 1.54) is 57.3 Å². The fourth-order valence-electron chi connectivity index (χ4n) is 10.1. The summed E-state index contributed by atoms with van der Waals surface area (Å²) in [5.74, 6) is -8.65. The minimum atomic E-state index is -2.98. The van der Waals surface area contributed by atoms with Gasteiger partial charge in [-0.3, -0.25) is 38.1 Å². The average molecular weight is 1210 g/mol.